The largest absolute Gasteiger partial charge is 0.348 e. The van der Waals surface area contributed by atoms with E-state index in [-0.39, 0.29) is 18.1 Å². The Kier molecular flexibility index (Phi) is 4.64. The van der Waals surface area contributed by atoms with E-state index in [1.807, 2.05) is 68.4 Å². The standard InChI is InChI=1S/C22H22N2O3/c1-22(2)26-14-18(20(27-22)16-8-4-3-5-9-16)24-21(25)17-12-6-10-15-11-7-13-23-19(15)17/h3-13,18,20H,14H2,1-2H3,(H,24,25)/t18-,20-/m0/s1. The Morgan fingerprint density at radius 3 is 2.67 bits per heavy atom. The Labute approximate surface area is 158 Å². The van der Waals surface area contributed by atoms with E-state index in [0.29, 0.717) is 17.7 Å². The van der Waals surface area contributed by atoms with Crippen LogP contribution in [0.4, 0.5) is 0 Å². The zero-order chi connectivity index (χ0) is 18.9. The van der Waals surface area contributed by atoms with Crippen molar-refractivity contribution in [1.29, 1.82) is 0 Å². The number of para-hydroxylation sites is 1. The van der Waals surface area contributed by atoms with E-state index < -0.39 is 5.79 Å². The molecule has 1 N–H and O–H groups in total. The Balaban J connectivity index is 1.62. The number of nitrogens with one attached hydrogen (secondary N) is 1. The molecular weight excluding hydrogens is 340 g/mol. The summed E-state index contributed by atoms with van der Waals surface area (Å²) in [6.45, 7) is 4.14. The van der Waals surface area contributed by atoms with Crippen LogP contribution in [0.3, 0.4) is 0 Å². The number of pyridine rings is 1. The van der Waals surface area contributed by atoms with Gasteiger partial charge in [-0.05, 0) is 31.5 Å². The van der Waals surface area contributed by atoms with E-state index in [4.69, 9.17) is 9.47 Å². The first kappa shape index (κ1) is 17.6. The second-order valence-corrected chi connectivity index (χ2v) is 7.12. The Bertz CT molecular complexity index is 951. The van der Waals surface area contributed by atoms with Gasteiger partial charge in [-0.3, -0.25) is 9.78 Å². The predicted octanol–water partition coefficient (Wildman–Crippen LogP) is 3.86. The number of carbonyl (C=O) groups excluding carboxylic acids is 1. The Morgan fingerprint density at radius 1 is 1.07 bits per heavy atom. The Hall–Kier alpha value is -2.76. The number of hydrogen-bond acceptors (Lipinski definition) is 4. The minimum absolute atomic E-state index is 0.183. The molecule has 1 aromatic heterocycles. The molecule has 1 fully saturated rings. The van der Waals surface area contributed by atoms with Crippen LogP contribution in [-0.2, 0) is 9.47 Å². The third-order valence-corrected chi connectivity index (χ3v) is 4.71. The van der Waals surface area contributed by atoms with Crippen LogP contribution in [0.1, 0.15) is 35.9 Å². The van der Waals surface area contributed by atoms with E-state index in [9.17, 15) is 4.79 Å². The highest BCUT2D eigenvalue weighted by Crippen LogP contribution is 2.33. The van der Waals surface area contributed by atoms with Crippen molar-refractivity contribution in [3.63, 3.8) is 0 Å². The van der Waals surface area contributed by atoms with Crippen LogP contribution in [0, 0.1) is 0 Å². The number of rotatable bonds is 3. The quantitative estimate of drug-likeness (QED) is 0.769. The summed E-state index contributed by atoms with van der Waals surface area (Å²) >= 11 is 0. The summed E-state index contributed by atoms with van der Waals surface area (Å²) in [4.78, 5) is 17.4. The lowest BCUT2D eigenvalue weighted by Gasteiger charge is -2.41. The van der Waals surface area contributed by atoms with Crippen molar-refractivity contribution in [1.82, 2.24) is 10.3 Å². The molecule has 2 heterocycles. The van der Waals surface area contributed by atoms with Gasteiger partial charge in [0.25, 0.3) is 5.91 Å². The molecule has 4 rings (SSSR count). The van der Waals surface area contributed by atoms with Gasteiger partial charge in [0, 0.05) is 11.6 Å². The molecule has 2 atom stereocenters. The first-order chi connectivity index (χ1) is 13.0. The van der Waals surface area contributed by atoms with Crippen molar-refractivity contribution in [2.45, 2.75) is 31.8 Å². The summed E-state index contributed by atoms with van der Waals surface area (Å²) in [6, 6.07) is 19.0. The van der Waals surface area contributed by atoms with Gasteiger partial charge in [-0.1, -0.05) is 48.5 Å². The zero-order valence-electron chi connectivity index (χ0n) is 15.4. The molecule has 3 aromatic rings. The van der Waals surface area contributed by atoms with Gasteiger partial charge in [0.15, 0.2) is 5.79 Å². The molecular formula is C22H22N2O3. The maximum Gasteiger partial charge on any atom is 0.253 e. The molecule has 0 bridgehead atoms. The molecule has 0 radical (unpaired) electrons. The molecule has 1 amide bonds. The third kappa shape index (κ3) is 3.70. The zero-order valence-corrected chi connectivity index (χ0v) is 15.4. The van der Waals surface area contributed by atoms with Crippen LogP contribution < -0.4 is 5.32 Å². The fourth-order valence-electron chi connectivity index (χ4n) is 3.39. The number of ether oxygens (including phenoxy) is 2. The van der Waals surface area contributed by atoms with E-state index in [2.05, 4.69) is 10.3 Å². The van der Waals surface area contributed by atoms with Crippen molar-refractivity contribution in [2.75, 3.05) is 6.61 Å². The van der Waals surface area contributed by atoms with Crippen molar-refractivity contribution >= 4 is 16.8 Å². The molecule has 138 valence electrons. The maximum atomic E-state index is 13.0. The fraction of sp³-hybridized carbons (Fsp3) is 0.273. The van der Waals surface area contributed by atoms with E-state index in [0.717, 1.165) is 10.9 Å². The highest BCUT2D eigenvalue weighted by molar-refractivity contribution is 6.05. The lowest BCUT2D eigenvalue weighted by Crippen LogP contribution is -2.52. The average molecular weight is 362 g/mol. The molecule has 0 saturated carbocycles. The van der Waals surface area contributed by atoms with Crippen molar-refractivity contribution < 1.29 is 14.3 Å². The molecule has 1 aliphatic heterocycles. The van der Waals surface area contributed by atoms with Gasteiger partial charge in [0.2, 0.25) is 0 Å². The van der Waals surface area contributed by atoms with Crippen molar-refractivity contribution in [3.05, 3.63) is 78.0 Å². The van der Waals surface area contributed by atoms with Crippen molar-refractivity contribution in [3.8, 4) is 0 Å². The molecule has 2 aromatic carbocycles. The van der Waals surface area contributed by atoms with Crippen LogP contribution in [-0.4, -0.2) is 29.3 Å². The van der Waals surface area contributed by atoms with Gasteiger partial charge >= 0.3 is 0 Å². The third-order valence-electron chi connectivity index (χ3n) is 4.71. The molecule has 1 aliphatic rings. The summed E-state index contributed by atoms with van der Waals surface area (Å²) in [5, 5.41) is 4.02. The summed E-state index contributed by atoms with van der Waals surface area (Å²) in [5.41, 5.74) is 2.24. The summed E-state index contributed by atoms with van der Waals surface area (Å²) in [5.74, 6) is -0.889. The molecule has 1 saturated heterocycles. The average Bonchev–Trinajstić information content (AvgIpc) is 2.69. The second-order valence-electron chi connectivity index (χ2n) is 7.12. The SMILES string of the molecule is CC1(C)OC[C@H](NC(=O)c2cccc3cccnc23)[C@H](c2ccccc2)O1. The van der Waals surface area contributed by atoms with E-state index >= 15 is 0 Å². The van der Waals surface area contributed by atoms with Crippen LogP contribution in [0.2, 0.25) is 0 Å². The summed E-state index contributed by atoms with van der Waals surface area (Å²) < 4.78 is 11.9. The van der Waals surface area contributed by atoms with Crippen molar-refractivity contribution in [2.24, 2.45) is 0 Å². The normalized spacial score (nSPS) is 21.7. The van der Waals surface area contributed by atoms with Gasteiger partial charge in [0.1, 0.15) is 6.10 Å². The van der Waals surface area contributed by atoms with E-state index in [1.54, 1.807) is 12.3 Å². The maximum absolute atomic E-state index is 13.0. The topological polar surface area (TPSA) is 60.5 Å². The number of amides is 1. The lowest BCUT2D eigenvalue weighted by atomic mass is 10.00. The molecule has 27 heavy (non-hydrogen) atoms. The highest BCUT2D eigenvalue weighted by atomic mass is 16.7. The lowest BCUT2D eigenvalue weighted by molar-refractivity contribution is -0.284. The number of nitrogens with zero attached hydrogens (tertiary/aromatic N) is 1. The van der Waals surface area contributed by atoms with Crippen LogP contribution >= 0.6 is 0 Å². The number of fused-ring (bicyclic) bond motifs is 1. The smallest absolute Gasteiger partial charge is 0.253 e. The Morgan fingerprint density at radius 2 is 1.85 bits per heavy atom. The number of hydrogen-bond donors (Lipinski definition) is 1. The summed E-state index contributed by atoms with van der Waals surface area (Å²) in [6.07, 6.45) is 1.41. The first-order valence-corrected chi connectivity index (χ1v) is 9.05. The minimum atomic E-state index is -0.706. The predicted molar refractivity (Wildman–Crippen MR) is 103 cm³/mol. The van der Waals surface area contributed by atoms with Gasteiger partial charge in [-0.25, -0.2) is 0 Å². The van der Waals surface area contributed by atoms with Crippen LogP contribution in [0.25, 0.3) is 10.9 Å². The van der Waals surface area contributed by atoms with Gasteiger partial charge in [0.05, 0.1) is 23.7 Å². The molecule has 0 unspecified atom stereocenters. The number of carbonyl (C=O) groups is 1. The minimum Gasteiger partial charge on any atom is -0.348 e. The molecule has 0 spiro atoms. The van der Waals surface area contributed by atoms with Gasteiger partial charge in [-0.15, -0.1) is 0 Å². The fourth-order valence-corrected chi connectivity index (χ4v) is 3.39. The van der Waals surface area contributed by atoms with E-state index in [1.165, 1.54) is 0 Å². The highest BCUT2D eigenvalue weighted by Gasteiger charge is 2.38. The van der Waals surface area contributed by atoms with Gasteiger partial charge in [-0.2, -0.15) is 0 Å². The molecule has 5 nitrogen and oxygen atoms in total. The molecule has 0 aliphatic carbocycles. The number of benzene rings is 2. The number of aromatic nitrogens is 1. The molecule has 5 heteroatoms. The summed E-state index contributed by atoms with van der Waals surface area (Å²) in [7, 11) is 0. The van der Waals surface area contributed by atoms with Crippen LogP contribution in [0.15, 0.2) is 66.9 Å². The second kappa shape index (κ2) is 7.10. The van der Waals surface area contributed by atoms with Crippen LogP contribution in [0.5, 0.6) is 0 Å². The van der Waals surface area contributed by atoms with Gasteiger partial charge < -0.3 is 14.8 Å². The monoisotopic (exact) mass is 362 g/mol. The first-order valence-electron chi connectivity index (χ1n) is 9.05.